The van der Waals surface area contributed by atoms with Crippen LogP contribution in [0.3, 0.4) is 0 Å². The van der Waals surface area contributed by atoms with Crippen LogP contribution in [0.25, 0.3) is 11.0 Å². The fourth-order valence-corrected chi connectivity index (χ4v) is 2.18. The van der Waals surface area contributed by atoms with Gasteiger partial charge >= 0.3 is 0 Å². The molecule has 86 valence electrons. The Bertz CT molecular complexity index is 643. The van der Waals surface area contributed by atoms with Crippen LogP contribution in [0.2, 0.25) is 0 Å². The summed E-state index contributed by atoms with van der Waals surface area (Å²) < 4.78 is 0. The van der Waals surface area contributed by atoms with E-state index in [0.29, 0.717) is 0 Å². The number of hydrogen-bond donors (Lipinski definition) is 2. The first-order valence-electron chi connectivity index (χ1n) is 5.67. The molecule has 0 radical (unpaired) electrons. The molecule has 4 heteroatoms. The fourth-order valence-electron chi connectivity index (χ4n) is 2.18. The molecule has 0 aliphatic rings. The summed E-state index contributed by atoms with van der Waals surface area (Å²) in [4.78, 5) is 7.49. The number of aryl methyl sites for hydroxylation is 2. The maximum absolute atomic E-state index is 4.30. The molecule has 0 bridgehead atoms. The first kappa shape index (κ1) is 10.1. The molecule has 0 unspecified atom stereocenters. The number of hydrogen-bond acceptors (Lipinski definition) is 2. The second-order valence-corrected chi connectivity index (χ2v) is 4.30. The highest BCUT2D eigenvalue weighted by Gasteiger charge is 2.10. The van der Waals surface area contributed by atoms with E-state index in [2.05, 4.69) is 33.2 Å². The smallest absolute Gasteiger partial charge is 0.137 e. The van der Waals surface area contributed by atoms with Gasteiger partial charge in [-0.25, -0.2) is 4.98 Å². The molecule has 3 aromatic heterocycles. The van der Waals surface area contributed by atoms with E-state index in [0.717, 1.165) is 23.5 Å². The van der Waals surface area contributed by atoms with Crippen LogP contribution in [-0.2, 0) is 6.42 Å². The Balaban J connectivity index is 2.06. The molecule has 0 aromatic carbocycles. The van der Waals surface area contributed by atoms with E-state index in [-0.39, 0.29) is 0 Å². The quantitative estimate of drug-likeness (QED) is 0.705. The lowest BCUT2D eigenvalue weighted by molar-refractivity contribution is 1.02. The molecule has 0 saturated heterocycles. The lowest BCUT2D eigenvalue weighted by Gasteiger charge is -2.00. The third kappa shape index (κ3) is 1.62. The van der Waals surface area contributed by atoms with Crippen LogP contribution in [0, 0.1) is 13.8 Å². The van der Waals surface area contributed by atoms with E-state index >= 15 is 0 Å². The highest BCUT2D eigenvalue weighted by Crippen LogP contribution is 2.21. The lowest BCUT2D eigenvalue weighted by atomic mass is 10.0. The van der Waals surface area contributed by atoms with Crippen molar-refractivity contribution in [1.82, 2.24) is 20.2 Å². The molecule has 3 heterocycles. The van der Waals surface area contributed by atoms with Gasteiger partial charge in [0.2, 0.25) is 0 Å². The zero-order valence-corrected chi connectivity index (χ0v) is 9.91. The molecule has 3 aromatic rings. The number of fused-ring (bicyclic) bond motifs is 1. The molecule has 4 nitrogen and oxygen atoms in total. The molecule has 0 aliphatic carbocycles. The van der Waals surface area contributed by atoms with Crippen LogP contribution in [0.1, 0.15) is 22.5 Å². The molecule has 3 rings (SSSR count). The predicted octanol–water partition coefficient (Wildman–Crippen LogP) is 2.49. The molecule has 0 saturated carbocycles. The highest BCUT2D eigenvalue weighted by atomic mass is 15.1. The third-order valence-corrected chi connectivity index (χ3v) is 3.18. The Kier molecular flexibility index (Phi) is 2.21. The normalized spacial score (nSPS) is 11.2. The molecule has 17 heavy (non-hydrogen) atoms. The predicted molar refractivity (Wildman–Crippen MR) is 67.0 cm³/mol. The van der Waals surface area contributed by atoms with Gasteiger partial charge in [0.1, 0.15) is 5.65 Å². The molecular weight excluding hydrogens is 212 g/mol. The zero-order chi connectivity index (χ0) is 11.8. The van der Waals surface area contributed by atoms with Crippen molar-refractivity contribution in [2.24, 2.45) is 0 Å². The number of H-pyrrole nitrogens is 2. The topological polar surface area (TPSA) is 57.4 Å². The molecule has 0 spiro atoms. The SMILES string of the molecule is Cc1n[nH]c(C)c1Cc1c[nH]c2ncccc12. The maximum Gasteiger partial charge on any atom is 0.137 e. The summed E-state index contributed by atoms with van der Waals surface area (Å²) in [5.41, 5.74) is 5.69. The van der Waals surface area contributed by atoms with Gasteiger partial charge in [0.25, 0.3) is 0 Å². The number of pyridine rings is 1. The van der Waals surface area contributed by atoms with Crippen molar-refractivity contribution in [3.05, 3.63) is 47.0 Å². The minimum atomic E-state index is 0.889. The van der Waals surface area contributed by atoms with Crippen molar-refractivity contribution in [3.63, 3.8) is 0 Å². The van der Waals surface area contributed by atoms with Gasteiger partial charge in [-0.15, -0.1) is 0 Å². The summed E-state index contributed by atoms with van der Waals surface area (Å²) >= 11 is 0. The van der Waals surface area contributed by atoms with Crippen molar-refractivity contribution in [1.29, 1.82) is 0 Å². The summed E-state index contributed by atoms with van der Waals surface area (Å²) in [5, 5.41) is 8.44. The van der Waals surface area contributed by atoms with Crippen LogP contribution in [-0.4, -0.2) is 20.2 Å². The number of aromatic amines is 2. The summed E-state index contributed by atoms with van der Waals surface area (Å²) in [5.74, 6) is 0. The summed E-state index contributed by atoms with van der Waals surface area (Å²) in [6.45, 7) is 4.09. The zero-order valence-electron chi connectivity index (χ0n) is 9.91. The van der Waals surface area contributed by atoms with Crippen LogP contribution in [0.5, 0.6) is 0 Å². The number of nitrogens with zero attached hydrogens (tertiary/aromatic N) is 2. The van der Waals surface area contributed by atoms with Gasteiger partial charge in [-0.1, -0.05) is 0 Å². The van der Waals surface area contributed by atoms with Gasteiger partial charge in [0, 0.05) is 35.5 Å². The number of aromatic nitrogens is 4. The standard InChI is InChI=1S/C13H14N4/c1-8-12(9(2)17-16-8)6-10-7-15-13-11(10)4-3-5-14-13/h3-5,7H,6H2,1-2H3,(H,14,15)(H,16,17). The minimum absolute atomic E-state index is 0.889. The summed E-state index contributed by atoms with van der Waals surface area (Å²) in [6, 6.07) is 4.06. The third-order valence-electron chi connectivity index (χ3n) is 3.18. The van der Waals surface area contributed by atoms with Gasteiger partial charge < -0.3 is 4.98 Å². The first-order valence-corrected chi connectivity index (χ1v) is 5.67. The monoisotopic (exact) mass is 226 g/mol. The van der Waals surface area contributed by atoms with E-state index < -0.39 is 0 Å². The van der Waals surface area contributed by atoms with Crippen LogP contribution in [0.4, 0.5) is 0 Å². The highest BCUT2D eigenvalue weighted by molar-refractivity contribution is 5.79. The van der Waals surface area contributed by atoms with Gasteiger partial charge in [0.05, 0.1) is 5.69 Å². The lowest BCUT2D eigenvalue weighted by Crippen LogP contribution is -1.90. The first-order chi connectivity index (χ1) is 8.25. The number of nitrogens with one attached hydrogen (secondary N) is 2. The van der Waals surface area contributed by atoms with E-state index in [1.54, 1.807) is 6.20 Å². The van der Waals surface area contributed by atoms with Gasteiger partial charge in [0.15, 0.2) is 0 Å². The molecule has 0 atom stereocenters. The van der Waals surface area contributed by atoms with Crippen LogP contribution in [0.15, 0.2) is 24.5 Å². The fraction of sp³-hybridized carbons (Fsp3) is 0.231. The number of rotatable bonds is 2. The van der Waals surface area contributed by atoms with E-state index in [1.807, 2.05) is 19.2 Å². The largest absolute Gasteiger partial charge is 0.346 e. The second kappa shape index (κ2) is 3.73. The van der Waals surface area contributed by atoms with Crippen molar-refractivity contribution < 1.29 is 0 Å². The van der Waals surface area contributed by atoms with Crippen molar-refractivity contribution in [2.75, 3.05) is 0 Å². The summed E-state index contributed by atoms with van der Waals surface area (Å²) in [6.07, 6.45) is 4.72. The van der Waals surface area contributed by atoms with Crippen molar-refractivity contribution in [3.8, 4) is 0 Å². The second-order valence-electron chi connectivity index (χ2n) is 4.30. The van der Waals surface area contributed by atoms with Gasteiger partial charge in [-0.05, 0) is 31.5 Å². The summed E-state index contributed by atoms with van der Waals surface area (Å²) in [7, 11) is 0. The molecule has 0 aliphatic heterocycles. The van der Waals surface area contributed by atoms with E-state index in [1.165, 1.54) is 16.5 Å². The Morgan fingerprint density at radius 3 is 2.94 bits per heavy atom. The Morgan fingerprint density at radius 1 is 1.29 bits per heavy atom. The van der Waals surface area contributed by atoms with E-state index in [9.17, 15) is 0 Å². The van der Waals surface area contributed by atoms with Crippen molar-refractivity contribution in [2.45, 2.75) is 20.3 Å². The average Bonchev–Trinajstić information content (AvgIpc) is 2.88. The van der Waals surface area contributed by atoms with Crippen molar-refractivity contribution >= 4 is 11.0 Å². The van der Waals surface area contributed by atoms with E-state index in [4.69, 9.17) is 0 Å². The molecule has 0 fully saturated rings. The molecule has 2 N–H and O–H groups in total. The Hall–Kier alpha value is -2.10. The minimum Gasteiger partial charge on any atom is -0.346 e. The van der Waals surface area contributed by atoms with Crippen LogP contribution >= 0.6 is 0 Å². The molecular formula is C13H14N4. The Morgan fingerprint density at radius 2 is 2.18 bits per heavy atom. The molecule has 0 amide bonds. The van der Waals surface area contributed by atoms with Gasteiger partial charge in [-0.2, -0.15) is 5.10 Å². The van der Waals surface area contributed by atoms with Crippen LogP contribution < -0.4 is 0 Å². The van der Waals surface area contributed by atoms with Gasteiger partial charge in [-0.3, -0.25) is 5.10 Å². The Labute approximate surface area is 99.1 Å². The average molecular weight is 226 g/mol. The maximum atomic E-state index is 4.30.